The molecule has 0 unspecified atom stereocenters. The second-order valence-electron chi connectivity index (χ2n) is 5.52. The maximum absolute atomic E-state index is 12.4. The lowest BCUT2D eigenvalue weighted by molar-refractivity contribution is 0.102. The second kappa shape index (κ2) is 9.94. The summed E-state index contributed by atoms with van der Waals surface area (Å²) in [7, 11) is 0. The first-order valence-corrected chi connectivity index (χ1v) is 8.53. The molecule has 0 bridgehead atoms. The average molecular weight is 405 g/mol. The first-order chi connectivity index (χ1) is 11.2. The number of hydrogen-bond donors (Lipinski definition) is 3. The summed E-state index contributed by atoms with van der Waals surface area (Å²) in [5, 5.41) is 15.0. The van der Waals surface area contributed by atoms with E-state index in [2.05, 4.69) is 15.2 Å². The van der Waals surface area contributed by atoms with Crippen LogP contribution < -0.4 is 16.0 Å². The van der Waals surface area contributed by atoms with Crippen molar-refractivity contribution in [3.05, 3.63) is 40.3 Å². The second-order valence-corrected chi connectivity index (χ2v) is 6.46. The molecule has 2 aromatic rings. The number of halogens is 2. The molecule has 0 spiro atoms. The Labute approximate surface area is 163 Å². The van der Waals surface area contributed by atoms with Crippen molar-refractivity contribution in [1.82, 2.24) is 4.98 Å². The van der Waals surface area contributed by atoms with Crippen LogP contribution in [0.5, 0.6) is 0 Å². The maximum Gasteiger partial charge on any atom is 0.275 e. The lowest BCUT2D eigenvalue weighted by Crippen LogP contribution is -2.36. The van der Waals surface area contributed by atoms with Gasteiger partial charge in [0.15, 0.2) is 0 Å². The highest BCUT2D eigenvalue weighted by atomic mass is 35.5. The van der Waals surface area contributed by atoms with E-state index in [-0.39, 0.29) is 36.8 Å². The number of piperidine rings is 1. The summed E-state index contributed by atoms with van der Waals surface area (Å²) in [4.78, 5) is 18.8. The Morgan fingerprint density at radius 3 is 2.64 bits per heavy atom. The van der Waals surface area contributed by atoms with Gasteiger partial charge in [0.05, 0.1) is 17.5 Å². The lowest BCUT2D eigenvalue weighted by Gasteiger charge is -2.32. The van der Waals surface area contributed by atoms with Crippen molar-refractivity contribution in [3.8, 4) is 0 Å². The number of aliphatic hydroxyl groups is 1. The maximum atomic E-state index is 12.4. The Morgan fingerprint density at radius 2 is 2.00 bits per heavy atom. The molecule has 0 atom stereocenters. The number of thiazole rings is 1. The third-order valence-corrected chi connectivity index (χ3v) is 4.79. The third kappa shape index (κ3) is 5.29. The molecule has 25 heavy (non-hydrogen) atoms. The summed E-state index contributed by atoms with van der Waals surface area (Å²) >= 11 is 1.39. The number of nitrogens with one attached hydrogen (secondary N) is 1. The largest absolute Gasteiger partial charge is 0.393 e. The summed E-state index contributed by atoms with van der Waals surface area (Å²) in [5.74, 6) is -0.231. The van der Waals surface area contributed by atoms with Gasteiger partial charge in [0, 0.05) is 25.0 Å². The number of aromatic nitrogens is 1. The highest BCUT2D eigenvalue weighted by Gasteiger charge is 2.20. The molecule has 1 aromatic heterocycles. The van der Waals surface area contributed by atoms with E-state index in [1.54, 1.807) is 5.38 Å². The molecule has 1 aliphatic rings. The topological polar surface area (TPSA) is 91.5 Å². The fraction of sp³-hybridized carbons (Fsp3) is 0.375. The van der Waals surface area contributed by atoms with Crippen LogP contribution in [-0.2, 0) is 6.54 Å². The van der Waals surface area contributed by atoms with E-state index < -0.39 is 0 Å². The average Bonchev–Trinajstić information content (AvgIpc) is 3.05. The molecule has 1 amide bonds. The van der Waals surface area contributed by atoms with Gasteiger partial charge in [0.25, 0.3) is 5.91 Å². The minimum absolute atomic E-state index is 0. The van der Waals surface area contributed by atoms with Crippen molar-refractivity contribution < 1.29 is 9.90 Å². The first-order valence-electron chi connectivity index (χ1n) is 7.65. The number of para-hydroxylation sites is 2. The number of amides is 1. The number of carbonyl (C=O) groups is 1. The quantitative estimate of drug-likeness (QED) is 0.728. The third-order valence-electron chi connectivity index (χ3n) is 3.92. The minimum atomic E-state index is -0.231. The number of anilines is 2. The van der Waals surface area contributed by atoms with Crippen LogP contribution in [-0.4, -0.2) is 35.2 Å². The number of benzene rings is 1. The minimum Gasteiger partial charge on any atom is -0.393 e. The molecule has 0 radical (unpaired) electrons. The van der Waals surface area contributed by atoms with Gasteiger partial charge in [-0.3, -0.25) is 4.79 Å². The van der Waals surface area contributed by atoms with E-state index in [9.17, 15) is 9.90 Å². The molecule has 9 heteroatoms. The molecular weight excluding hydrogens is 383 g/mol. The highest BCUT2D eigenvalue weighted by Crippen LogP contribution is 2.28. The van der Waals surface area contributed by atoms with Crippen molar-refractivity contribution in [2.24, 2.45) is 5.73 Å². The molecule has 2 heterocycles. The van der Waals surface area contributed by atoms with Crippen LogP contribution in [0.25, 0.3) is 0 Å². The van der Waals surface area contributed by atoms with E-state index in [4.69, 9.17) is 5.73 Å². The SMILES string of the molecule is Cl.Cl.NCc1nc(C(=O)Nc2ccccc2N2CCC(O)CC2)cs1. The fourth-order valence-electron chi connectivity index (χ4n) is 2.66. The van der Waals surface area contributed by atoms with Gasteiger partial charge in [0.1, 0.15) is 10.7 Å². The monoisotopic (exact) mass is 404 g/mol. The first kappa shape index (κ1) is 21.7. The molecule has 0 aliphatic carbocycles. The number of nitrogens with two attached hydrogens (primary N) is 1. The van der Waals surface area contributed by atoms with E-state index in [0.717, 1.165) is 42.3 Å². The van der Waals surface area contributed by atoms with Gasteiger partial charge >= 0.3 is 0 Å². The zero-order valence-electron chi connectivity index (χ0n) is 13.6. The lowest BCUT2D eigenvalue weighted by atomic mass is 10.1. The molecule has 3 rings (SSSR count). The van der Waals surface area contributed by atoms with Crippen molar-refractivity contribution in [2.45, 2.75) is 25.5 Å². The van der Waals surface area contributed by atoms with Crippen molar-refractivity contribution >= 4 is 53.4 Å². The van der Waals surface area contributed by atoms with Crippen LogP contribution in [0, 0.1) is 0 Å². The number of nitrogens with zero attached hydrogens (tertiary/aromatic N) is 2. The molecular formula is C16H22Cl2N4O2S. The van der Waals surface area contributed by atoms with Gasteiger partial charge in [0.2, 0.25) is 0 Å². The van der Waals surface area contributed by atoms with Crippen LogP contribution in [0.4, 0.5) is 11.4 Å². The molecule has 1 aromatic carbocycles. The Bertz CT molecular complexity index is 690. The zero-order valence-corrected chi connectivity index (χ0v) is 16.0. The standard InChI is InChI=1S/C16H20N4O2S.2ClH/c17-9-15-18-13(10-23-15)16(22)19-12-3-1-2-4-14(12)20-7-5-11(21)6-8-20;;/h1-4,10-11,21H,5-9,17H2,(H,19,22);2*1H. The number of carbonyl (C=O) groups excluding carboxylic acids is 1. The van der Waals surface area contributed by atoms with Crippen LogP contribution in [0.1, 0.15) is 28.3 Å². The Hall–Kier alpha value is -1.38. The predicted molar refractivity (Wildman–Crippen MR) is 106 cm³/mol. The smallest absolute Gasteiger partial charge is 0.275 e. The Balaban J connectivity index is 0.00000156. The van der Waals surface area contributed by atoms with E-state index in [0.29, 0.717) is 12.2 Å². The normalized spacial score (nSPS) is 14.4. The fourth-order valence-corrected chi connectivity index (χ4v) is 3.31. The van der Waals surface area contributed by atoms with Gasteiger partial charge < -0.3 is 21.1 Å². The van der Waals surface area contributed by atoms with Gasteiger partial charge in [-0.15, -0.1) is 36.2 Å². The summed E-state index contributed by atoms with van der Waals surface area (Å²) in [6.07, 6.45) is 1.26. The molecule has 1 fully saturated rings. The number of rotatable bonds is 4. The predicted octanol–water partition coefficient (Wildman–Crippen LogP) is 2.66. The molecule has 0 saturated carbocycles. The van der Waals surface area contributed by atoms with Crippen molar-refractivity contribution in [1.29, 1.82) is 0 Å². The van der Waals surface area contributed by atoms with Gasteiger partial charge in [-0.25, -0.2) is 4.98 Å². The van der Waals surface area contributed by atoms with Crippen LogP contribution in [0.2, 0.25) is 0 Å². The van der Waals surface area contributed by atoms with Crippen molar-refractivity contribution in [2.75, 3.05) is 23.3 Å². The molecule has 4 N–H and O–H groups in total. The van der Waals surface area contributed by atoms with E-state index >= 15 is 0 Å². The van der Waals surface area contributed by atoms with Crippen molar-refractivity contribution in [3.63, 3.8) is 0 Å². The highest BCUT2D eigenvalue weighted by molar-refractivity contribution is 7.09. The molecule has 138 valence electrons. The summed E-state index contributed by atoms with van der Waals surface area (Å²) in [5.41, 5.74) is 7.66. The van der Waals surface area contributed by atoms with Gasteiger partial charge in [-0.2, -0.15) is 0 Å². The number of aliphatic hydroxyl groups excluding tert-OH is 1. The Morgan fingerprint density at radius 1 is 1.32 bits per heavy atom. The molecule has 6 nitrogen and oxygen atoms in total. The summed E-state index contributed by atoms with van der Waals surface area (Å²) < 4.78 is 0. The summed E-state index contributed by atoms with van der Waals surface area (Å²) in [6.45, 7) is 1.90. The van der Waals surface area contributed by atoms with Crippen LogP contribution in [0.15, 0.2) is 29.6 Å². The molecule has 1 aliphatic heterocycles. The van der Waals surface area contributed by atoms with Gasteiger partial charge in [-0.1, -0.05) is 12.1 Å². The molecule has 1 saturated heterocycles. The van der Waals surface area contributed by atoms with E-state index in [1.807, 2.05) is 24.3 Å². The van der Waals surface area contributed by atoms with E-state index in [1.165, 1.54) is 11.3 Å². The number of hydrogen-bond acceptors (Lipinski definition) is 6. The van der Waals surface area contributed by atoms with Gasteiger partial charge in [-0.05, 0) is 25.0 Å². The van der Waals surface area contributed by atoms with Crippen LogP contribution >= 0.6 is 36.2 Å². The van der Waals surface area contributed by atoms with Crippen LogP contribution in [0.3, 0.4) is 0 Å². The Kier molecular flexibility index (Phi) is 8.61. The zero-order chi connectivity index (χ0) is 16.2. The summed E-state index contributed by atoms with van der Waals surface area (Å²) in [6, 6.07) is 7.71.